The SMILES string of the molecule is Cc1cc(-c2[nH]c3ccc(C4CCN(C(=O)CN(C)CC(F)F)CC4)cc3c2C(C)C)cc(C)n1. The Kier molecular flexibility index (Phi) is 7.55. The Labute approximate surface area is 206 Å². The number of carbonyl (C=O) groups is 1. The molecule has 1 amide bonds. The second-order valence-corrected chi connectivity index (χ2v) is 10.3. The van der Waals surface area contributed by atoms with Crippen LogP contribution in [0.1, 0.15) is 61.0 Å². The standard InChI is InChI=1S/C28H36F2N4O/c1-17(2)27-23-14-21(6-7-24(23)32-28(27)22-12-18(3)31-19(4)13-22)20-8-10-34(11-9-20)26(35)16-33(5)15-25(29)30/h6-7,12-14,17,20,25,32H,8-11,15-16H2,1-5H3. The first-order valence-corrected chi connectivity index (χ1v) is 12.5. The van der Waals surface area contributed by atoms with Gasteiger partial charge in [0.25, 0.3) is 6.43 Å². The molecule has 1 aliphatic rings. The van der Waals surface area contributed by atoms with Gasteiger partial charge in [0.15, 0.2) is 0 Å². The molecule has 0 bridgehead atoms. The second-order valence-electron chi connectivity index (χ2n) is 10.3. The summed E-state index contributed by atoms with van der Waals surface area (Å²) in [5.74, 6) is 0.667. The predicted octanol–water partition coefficient (Wildman–Crippen LogP) is 5.87. The second kappa shape index (κ2) is 10.4. The van der Waals surface area contributed by atoms with E-state index in [0.29, 0.717) is 24.9 Å². The van der Waals surface area contributed by atoms with E-state index in [9.17, 15) is 13.6 Å². The normalized spacial score (nSPS) is 15.2. The van der Waals surface area contributed by atoms with Gasteiger partial charge in [0.2, 0.25) is 5.91 Å². The summed E-state index contributed by atoms with van der Waals surface area (Å²) in [5.41, 5.74) is 8.10. The Hall–Kier alpha value is -2.80. The molecule has 0 spiro atoms. The number of piperidine rings is 1. The number of nitrogens with zero attached hydrogens (tertiary/aromatic N) is 3. The molecule has 1 saturated heterocycles. The molecule has 1 aromatic carbocycles. The first-order chi connectivity index (χ1) is 16.6. The number of likely N-dealkylation sites (N-methyl/N-ethyl adjacent to an activating group) is 1. The molecule has 0 unspecified atom stereocenters. The molecule has 3 aromatic rings. The van der Waals surface area contributed by atoms with Crippen molar-refractivity contribution in [3.63, 3.8) is 0 Å². The monoisotopic (exact) mass is 482 g/mol. The molecule has 0 saturated carbocycles. The number of amides is 1. The highest BCUT2D eigenvalue weighted by Crippen LogP contribution is 2.38. The van der Waals surface area contributed by atoms with Crippen molar-refractivity contribution < 1.29 is 13.6 Å². The Bertz CT molecular complexity index is 1170. The van der Waals surface area contributed by atoms with E-state index in [1.54, 1.807) is 7.05 Å². The Morgan fingerprint density at radius 1 is 1.14 bits per heavy atom. The lowest BCUT2D eigenvalue weighted by Gasteiger charge is -2.33. The van der Waals surface area contributed by atoms with Gasteiger partial charge in [0.1, 0.15) is 0 Å². The van der Waals surface area contributed by atoms with Gasteiger partial charge in [0, 0.05) is 40.9 Å². The molecule has 1 N–H and O–H groups in total. The molecule has 0 atom stereocenters. The summed E-state index contributed by atoms with van der Waals surface area (Å²) in [5, 5.41) is 1.26. The average Bonchev–Trinajstić information content (AvgIpc) is 3.17. The fourth-order valence-electron chi connectivity index (χ4n) is 5.38. The number of rotatable bonds is 7. The van der Waals surface area contributed by atoms with Crippen LogP contribution < -0.4 is 0 Å². The largest absolute Gasteiger partial charge is 0.354 e. The van der Waals surface area contributed by atoms with Crippen molar-refractivity contribution in [1.82, 2.24) is 19.8 Å². The van der Waals surface area contributed by atoms with Crippen LogP contribution in [0.3, 0.4) is 0 Å². The Balaban J connectivity index is 1.53. The minimum absolute atomic E-state index is 0.0405. The molecule has 0 radical (unpaired) electrons. The van der Waals surface area contributed by atoms with Crippen LogP contribution in [0.4, 0.5) is 8.78 Å². The molecular formula is C28H36F2N4O. The van der Waals surface area contributed by atoms with Crippen molar-refractivity contribution in [1.29, 1.82) is 0 Å². The third kappa shape index (κ3) is 5.72. The molecule has 35 heavy (non-hydrogen) atoms. The van der Waals surface area contributed by atoms with Crippen molar-refractivity contribution >= 4 is 16.8 Å². The number of alkyl halides is 2. The topological polar surface area (TPSA) is 52.2 Å². The van der Waals surface area contributed by atoms with E-state index in [-0.39, 0.29) is 19.0 Å². The lowest BCUT2D eigenvalue weighted by atomic mass is 9.87. The number of aromatic amines is 1. The number of carbonyl (C=O) groups excluding carboxylic acids is 1. The van der Waals surface area contributed by atoms with Crippen molar-refractivity contribution in [2.45, 2.75) is 58.8 Å². The van der Waals surface area contributed by atoms with Gasteiger partial charge in [-0.05, 0) is 81.0 Å². The summed E-state index contributed by atoms with van der Waals surface area (Å²) in [6.07, 6.45) is -0.663. The number of fused-ring (bicyclic) bond motifs is 1. The first kappa shape index (κ1) is 25.3. The van der Waals surface area contributed by atoms with Gasteiger partial charge in [-0.2, -0.15) is 0 Å². The fraction of sp³-hybridized carbons (Fsp3) is 0.500. The quantitative estimate of drug-likeness (QED) is 0.458. The van der Waals surface area contributed by atoms with Gasteiger partial charge in [-0.1, -0.05) is 19.9 Å². The number of hydrogen-bond donors (Lipinski definition) is 1. The summed E-state index contributed by atoms with van der Waals surface area (Å²) in [6.45, 7) is 9.50. The summed E-state index contributed by atoms with van der Waals surface area (Å²) in [4.78, 5) is 24.0. The number of H-pyrrole nitrogens is 1. The zero-order chi connectivity index (χ0) is 25.3. The number of hydrogen-bond acceptors (Lipinski definition) is 3. The Morgan fingerprint density at radius 3 is 2.40 bits per heavy atom. The number of pyridine rings is 1. The van der Waals surface area contributed by atoms with Crippen molar-refractivity contribution in [2.75, 3.05) is 33.2 Å². The van der Waals surface area contributed by atoms with Crippen LogP contribution in [0, 0.1) is 13.8 Å². The highest BCUT2D eigenvalue weighted by Gasteiger charge is 2.26. The lowest BCUT2D eigenvalue weighted by Crippen LogP contribution is -2.43. The minimum atomic E-state index is -2.43. The first-order valence-electron chi connectivity index (χ1n) is 12.5. The number of aromatic nitrogens is 2. The third-order valence-corrected chi connectivity index (χ3v) is 6.98. The molecule has 2 aromatic heterocycles. The molecule has 7 heteroatoms. The van der Waals surface area contributed by atoms with Gasteiger partial charge >= 0.3 is 0 Å². The molecule has 0 aliphatic carbocycles. The molecule has 4 rings (SSSR count). The van der Waals surface area contributed by atoms with Crippen LogP contribution in [0.25, 0.3) is 22.2 Å². The minimum Gasteiger partial charge on any atom is -0.354 e. The molecule has 1 aliphatic heterocycles. The smallest absolute Gasteiger partial charge is 0.251 e. The van der Waals surface area contributed by atoms with Crippen LogP contribution in [0.15, 0.2) is 30.3 Å². The predicted molar refractivity (Wildman–Crippen MR) is 137 cm³/mol. The van der Waals surface area contributed by atoms with E-state index in [2.05, 4.69) is 54.1 Å². The molecule has 5 nitrogen and oxygen atoms in total. The van der Waals surface area contributed by atoms with E-state index in [4.69, 9.17) is 0 Å². The highest BCUT2D eigenvalue weighted by atomic mass is 19.3. The molecule has 3 heterocycles. The maximum Gasteiger partial charge on any atom is 0.251 e. The van der Waals surface area contributed by atoms with Crippen LogP contribution in [0.2, 0.25) is 0 Å². The molecule has 188 valence electrons. The van der Waals surface area contributed by atoms with Crippen LogP contribution in [-0.4, -0.2) is 65.3 Å². The average molecular weight is 483 g/mol. The van der Waals surface area contributed by atoms with Crippen LogP contribution in [-0.2, 0) is 4.79 Å². The van der Waals surface area contributed by atoms with E-state index in [1.165, 1.54) is 27.0 Å². The highest BCUT2D eigenvalue weighted by molar-refractivity contribution is 5.92. The van der Waals surface area contributed by atoms with Gasteiger partial charge in [-0.25, -0.2) is 8.78 Å². The summed E-state index contributed by atoms with van der Waals surface area (Å²) in [7, 11) is 1.57. The maximum atomic E-state index is 12.6. The lowest BCUT2D eigenvalue weighted by molar-refractivity contribution is -0.133. The number of likely N-dealkylation sites (tertiary alicyclic amines) is 1. The van der Waals surface area contributed by atoms with E-state index < -0.39 is 6.43 Å². The number of benzene rings is 1. The van der Waals surface area contributed by atoms with E-state index in [1.807, 2.05) is 18.7 Å². The summed E-state index contributed by atoms with van der Waals surface area (Å²) in [6, 6.07) is 11.0. The maximum absolute atomic E-state index is 12.6. The van der Waals surface area contributed by atoms with Crippen molar-refractivity contribution in [2.24, 2.45) is 0 Å². The van der Waals surface area contributed by atoms with Crippen molar-refractivity contribution in [3.8, 4) is 11.3 Å². The van der Waals surface area contributed by atoms with Crippen LogP contribution in [0.5, 0.6) is 0 Å². The zero-order valence-electron chi connectivity index (χ0n) is 21.4. The van der Waals surface area contributed by atoms with Gasteiger partial charge in [0.05, 0.1) is 18.8 Å². The van der Waals surface area contributed by atoms with Crippen LogP contribution >= 0.6 is 0 Å². The third-order valence-electron chi connectivity index (χ3n) is 6.98. The Morgan fingerprint density at radius 2 is 1.80 bits per heavy atom. The van der Waals surface area contributed by atoms with Crippen molar-refractivity contribution in [3.05, 3.63) is 52.8 Å². The number of nitrogens with one attached hydrogen (secondary N) is 1. The summed E-state index contributed by atoms with van der Waals surface area (Å²) < 4.78 is 25.1. The zero-order valence-corrected chi connectivity index (χ0v) is 21.4. The van der Waals surface area contributed by atoms with Gasteiger partial charge in [-0.15, -0.1) is 0 Å². The van der Waals surface area contributed by atoms with Gasteiger partial charge in [-0.3, -0.25) is 14.7 Å². The molecular weight excluding hydrogens is 446 g/mol. The number of aryl methyl sites for hydroxylation is 2. The molecule has 1 fully saturated rings. The fourth-order valence-corrected chi connectivity index (χ4v) is 5.38. The summed E-state index contributed by atoms with van der Waals surface area (Å²) >= 11 is 0. The van der Waals surface area contributed by atoms with Gasteiger partial charge < -0.3 is 9.88 Å². The van der Waals surface area contributed by atoms with E-state index in [0.717, 1.165) is 35.4 Å². The number of halogens is 2. The van der Waals surface area contributed by atoms with E-state index >= 15 is 0 Å².